The monoisotopic (exact) mass is 507 g/mol. The van der Waals surface area contributed by atoms with Crippen LogP contribution < -0.4 is 15.7 Å². The molecule has 1 amide bonds. The molecule has 0 spiro atoms. The molecule has 1 aromatic heterocycles. The number of carboxylic acid groups (broad SMARTS) is 1. The van der Waals surface area contributed by atoms with Gasteiger partial charge in [-0.25, -0.2) is 14.2 Å². The molecule has 0 bridgehead atoms. The van der Waals surface area contributed by atoms with Gasteiger partial charge in [0.1, 0.15) is 11.8 Å². The lowest BCUT2D eigenvalue weighted by molar-refractivity contribution is -0.143. The molecule has 37 heavy (non-hydrogen) atoms. The Morgan fingerprint density at radius 3 is 2.19 bits per heavy atom. The Morgan fingerprint density at radius 1 is 1.05 bits per heavy atom. The lowest BCUT2D eigenvalue weighted by Crippen LogP contribution is -2.52. The Hall–Kier alpha value is -4.01. The molecule has 1 saturated carbocycles. The first-order valence-electron chi connectivity index (χ1n) is 12.4. The number of imidazole rings is 1. The van der Waals surface area contributed by atoms with Crippen molar-refractivity contribution in [3.8, 4) is 17.3 Å². The van der Waals surface area contributed by atoms with Gasteiger partial charge in [-0.15, -0.1) is 0 Å². The fourth-order valence-corrected chi connectivity index (χ4v) is 5.15. The van der Waals surface area contributed by atoms with Crippen molar-refractivity contribution < 1.29 is 24.5 Å². The number of nitrogens with zero attached hydrogens (tertiary/aromatic N) is 2. The van der Waals surface area contributed by atoms with Gasteiger partial charge in [-0.2, -0.15) is 0 Å². The number of aromatic hydroxyl groups is 1. The maximum atomic E-state index is 13.7. The van der Waals surface area contributed by atoms with Crippen LogP contribution in [-0.4, -0.2) is 44.4 Å². The number of aliphatic carboxylic acids is 1. The van der Waals surface area contributed by atoms with Crippen molar-refractivity contribution in [1.29, 1.82) is 0 Å². The van der Waals surface area contributed by atoms with Crippen molar-refractivity contribution in [2.75, 3.05) is 7.11 Å². The zero-order chi connectivity index (χ0) is 26.7. The summed E-state index contributed by atoms with van der Waals surface area (Å²) >= 11 is 0. The maximum absolute atomic E-state index is 13.7. The molecule has 0 aliphatic heterocycles. The Bertz CT molecular complexity index is 1330. The van der Waals surface area contributed by atoms with Crippen LogP contribution in [-0.2, 0) is 28.5 Å². The minimum Gasteiger partial charge on any atom is -0.497 e. The molecule has 1 atom stereocenters. The smallest absolute Gasteiger partial charge is 0.335 e. The van der Waals surface area contributed by atoms with Gasteiger partial charge in [0.25, 0.3) is 0 Å². The first-order valence-corrected chi connectivity index (χ1v) is 12.4. The van der Waals surface area contributed by atoms with Crippen LogP contribution >= 0.6 is 0 Å². The average Bonchev–Trinajstić information content (AvgIpc) is 3.11. The Labute approximate surface area is 215 Å². The van der Waals surface area contributed by atoms with E-state index >= 15 is 0 Å². The quantitative estimate of drug-likeness (QED) is 0.430. The van der Waals surface area contributed by atoms with Gasteiger partial charge in [-0.3, -0.25) is 9.36 Å². The summed E-state index contributed by atoms with van der Waals surface area (Å²) in [6.45, 7) is 1.65. The van der Waals surface area contributed by atoms with Crippen molar-refractivity contribution >= 4 is 11.9 Å². The van der Waals surface area contributed by atoms with Gasteiger partial charge in [0, 0.05) is 13.5 Å². The molecule has 1 aliphatic carbocycles. The van der Waals surface area contributed by atoms with Crippen molar-refractivity contribution in [2.45, 2.75) is 56.9 Å². The largest absolute Gasteiger partial charge is 0.497 e. The second-order valence-corrected chi connectivity index (χ2v) is 9.69. The van der Waals surface area contributed by atoms with E-state index in [9.17, 15) is 24.6 Å². The number of carbonyl (C=O) groups is 2. The Morgan fingerprint density at radius 2 is 1.68 bits per heavy atom. The number of carbonyl (C=O) groups excluding carboxylic acids is 1. The zero-order valence-corrected chi connectivity index (χ0v) is 21.4. The van der Waals surface area contributed by atoms with Crippen molar-refractivity contribution in [3.05, 3.63) is 75.8 Å². The van der Waals surface area contributed by atoms with Gasteiger partial charge in [-0.05, 0) is 55.2 Å². The van der Waals surface area contributed by atoms with Gasteiger partial charge in [0.15, 0.2) is 0 Å². The average molecular weight is 508 g/mol. The lowest BCUT2D eigenvalue weighted by Gasteiger charge is -2.37. The van der Waals surface area contributed by atoms with Crippen LogP contribution in [0.15, 0.2) is 53.3 Å². The van der Waals surface area contributed by atoms with E-state index in [0.29, 0.717) is 35.5 Å². The normalized spacial score (nSPS) is 15.6. The van der Waals surface area contributed by atoms with Crippen LogP contribution in [0.25, 0.3) is 5.69 Å². The van der Waals surface area contributed by atoms with Gasteiger partial charge in [-0.1, -0.05) is 43.5 Å². The Balaban J connectivity index is 1.55. The predicted molar refractivity (Wildman–Crippen MR) is 138 cm³/mol. The van der Waals surface area contributed by atoms with Crippen LogP contribution in [0.2, 0.25) is 0 Å². The number of nitrogens with one attached hydrogen (secondary N) is 1. The molecule has 0 saturated heterocycles. The molecule has 3 N–H and O–H groups in total. The van der Waals surface area contributed by atoms with Gasteiger partial charge >= 0.3 is 11.7 Å². The number of amides is 1. The van der Waals surface area contributed by atoms with Crippen LogP contribution in [0, 0.1) is 6.92 Å². The number of methoxy groups -OCH3 is 1. The first-order chi connectivity index (χ1) is 17.7. The number of hydrogen-bond acceptors (Lipinski definition) is 5. The standard InChI is InChI=1S/C28H33N3O6/c1-18-24(32)31(27(36)30(18)2)21-11-7-19(8-12-21)17-23(25(33)34)29-26(35)28(15-5-4-6-16-28)20-9-13-22(37-3)14-10-20/h7-14,23,32H,4-6,15-17H2,1-3H3,(H,29,35)(H,33,34). The number of aromatic nitrogens is 2. The summed E-state index contributed by atoms with van der Waals surface area (Å²) in [6.07, 6.45) is 4.21. The highest BCUT2D eigenvalue weighted by Gasteiger charge is 2.42. The summed E-state index contributed by atoms with van der Waals surface area (Å²) in [4.78, 5) is 38.3. The van der Waals surface area contributed by atoms with E-state index in [2.05, 4.69) is 5.32 Å². The molecule has 1 heterocycles. The predicted octanol–water partition coefficient (Wildman–Crippen LogP) is 3.21. The van der Waals surface area contributed by atoms with Crippen molar-refractivity contribution in [1.82, 2.24) is 14.5 Å². The van der Waals surface area contributed by atoms with E-state index in [1.54, 1.807) is 45.3 Å². The molecule has 1 unspecified atom stereocenters. The third-order valence-corrected chi connectivity index (χ3v) is 7.54. The molecular formula is C28H33N3O6. The highest BCUT2D eigenvalue weighted by atomic mass is 16.5. The third-order valence-electron chi connectivity index (χ3n) is 7.54. The van der Waals surface area contributed by atoms with Crippen molar-refractivity contribution in [2.24, 2.45) is 7.05 Å². The lowest BCUT2D eigenvalue weighted by atomic mass is 9.68. The van der Waals surface area contributed by atoms with E-state index in [0.717, 1.165) is 24.8 Å². The zero-order valence-electron chi connectivity index (χ0n) is 21.4. The van der Waals surface area contributed by atoms with Crippen LogP contribution in [0.5, 0.6) is 11.6 Å². The minimum absolute atomic E-state index is 0.0781. The summed E-state index contributed by atoms with van der Waals surface area (Å²) in [7, 11) is 3.16. The highest BCUT2D eigenvalue weighted by molar-refractivity contribution is 5.91. The summed E-state index contributed by atoms with van der Waals surface area (Å²) in [6, 6.07) is 13.0. The third kappa shape index (κ3) is 4.98. The number of carboxylic acids is 1. The van der Waals surface area contributed by atoms with E-state index in [-0.39, 0.29) is 23.9 Å². The highest BCUT2D eigenvalue weighted by Crippen LogP contribution is 2.40. The number of benzene rings is 2. The van der Waals surface area contributed by atoms with E-state index in [1.165, 1.54) is 9.13 Å². The molecular weight excluding hydrogens is 474 g/mol. The van der Waals surface area contributed by atoms with Crippen LogP contribution in [0.1, 0.15) is 48.9 Å². The maximum Gasteiger partial charge on any atom is 0.335 e. The SMILES string of the molecule is COc1ccc(C2(C(=O)NC(Cc3ccc(-n4c(O)c(C)n(C)c4=O)cc3)C(=O)O)CCCCC2)cc1. The van der Waals surface area contributed by atoms with Crippen LogP contribution in [0.3, 0.4) is 0 Å². The molecule has 2 aromatic carbocycles. The van der Waals surface area contributed by atoms with Gasteiger partial charge in [0.05, 0.1) is 23.9 Å². The van der Waals surface area contributed by atoms with E-state index in [1.807, 2.05) is 24.3 Å². The summed E-state index contributed by atoms with van der Waals surface area (Å²) in [5.41, 5.74) is 1.28. The van der Waals surface area contributed by atoms with E-state index < -0.39 is 17.4 Å². The minimum atomic E-state index is -1.12. The Kier molecular flexibility index (Phi) is 7.42. The number of hydrogen-bond donors (Lipinski definition) is 3. The summed E-state index contributed by atoms with van der Waals surface area (Å²) in [5, 5.41) is 23.1. The molecule has 196 valence electrons. The van der Waals surface area contributed by atoms with E-state index in [4.69, 9.17) is 4.74 Å². The number of rotatable bonds is 8. The molecule has 1 aliphatic rings. The molecule has 1 fully saturated rings. The van der Waals surface area contributed by atoms with Gasteiger partial charge < -0.3 is 20.3 Å². The molecule has 9 nitrogen and oxygen atoms in total. The number of ether oxygens (including phenoxy) is 1. The summed E-state index contributed by atoms with van der Waals surface area (Å²) < 4.78 is 7.80. The molecule has 3 aromatic rings. The fourth-order valence-electron chi connectivity index (χ4n) is 5.15. The molecule has 4 rings (SSSR count). The molecule has 0 radical (unpaired) electrons. The summed E-state index contributed by atoms with van der Waals surface area (Å²) in [5.74, 6) is -0.848. The van der Waals surface area contributed by atoms with Crippen molar-refractivity contribution in [3.63, 3.8) is 0 Å². The van der Waals surface area contributed by atoms with Gasteiger partial charge in [0.2, 0.25) is 11.8 Å². The second-order valence-electron chi connectivity index (χ2n) is 9.69. The molecule has 9 heteroatoms. The first kappa shape index (κ1) is 26.1. The topological polar surface area (TPSA) is 123 Å². The second kappa shape index (κ2) is 10.5. The fraction of sp³-hybridized carbons (Fsp3) is 0.393. The van der Waals surface area contributed by atoms with Crippen LogP contribution in [0.4, 0.5) is 0 Å².